The van der Waals surface area contributed by atoms with Gasteiger partial charge in [-0.2, -0.15) is 0 Å². The Morgan fingerprint density at radius 3 is 2.60 bits per heavy atom. The quantitative estimate of drug-likeness (QED) is 0.364. The summed E-state index contributed by atoms with van der Waals surface area (Å²) in [6.07, 6.45) is 11.8. The van der Waals surface area contributed by atoms with Crippen molar-refractivity contribution in [3.8, 4) is 0 Å². The van der Waals surface area contributed by atoms with Crippen molar-refractivity contribution < 1.29 is 9.53 Å². The number of rotatable bonds is 7. The summed E-state index contributed by atoms with van der Waals surface area (Å²) in [6, 6.07) is 0. The zero-order chi connectivity index (χ0) is 10.9. The molecule has 0 spiro atoms. The van der Waals surface area contributed by atoms with Crippen molar-refractivity contribution in [1.29, 1.82) is 0 Å². The minimum Gasteiger partial charge on any atom is -0.462 e. The van der Waals surface area contributed by atoms with Gasteiger partial charge in [0.25, 0.3) is 0 Å². The minimum absolute atomic E-state index is 0.0963. The van der Waals surface area contributed by atoms with Gasteiger partial charge >= 0.3 is 5.97 Å². The highest BCUT2D eigenvalue weighted by molar-refractivity contribution is 5.90. The number of ether oxygens (including phenoxy) is 1. The molecule has 86 valence electrons. The lowest BCUT2D eigenvalue weighted by molar-refractivity contribution is -0.135. The van der Waals surface area contributed by atoms with Crippen molar-refractivity contribution >= 4 is 5.97 Å². The number of allylic oxidation sites excluding steroid dienone is 1. The molecule has 1 heterocycles. The van der Waals surface area contributed by atoms with E-state index < -0.39 is 0 Å². The van der Waals surface area contributed by atoms with Gasteiger partial charge in [-0.1, -0.05) is 45.1 Å². The summed E-state index contributed by atoms with van der Waals surface area (Å²) in [4.78, 5) is 11.1. The molecular weight excluding hydrogens is 188 g/mol. The molecule has 0 atom stereocenters. The number of esters is 1. The first-order chi connectivity index (χ1) is 7.34. The van der Waals surface area contributed by atoms with Crippen LogP contribution in [0.15, 0.2) is 11.6 Å². The van der Waals surface area contributed by atoms with Gasteiger partial charge in [-0.25, -0.2) is 4.79 Å². The van der Waals surface area contributed by atoms with Crippen LogP contribution in [-0.2, 0) is 9.53 Å². The smallest absolute Gasteiger partial charge is 0.333 e. The van der Waals surface area contributed by atoms with Crippen LogP contribution in [0.1, 0.15) is 58.3 Å². The third-order valence-corrected chi connectivity index (χ3v) is 2.82. The molecule has 1 aliphatic rings. The van der Waals surface area contributed by atoms with E-state index >= 15 is 0 Å². The van der Waals surface area contributed by atoms with Crippen LogP contribution in [0.25, 0.3) is 0 Å². The molecule has 0 aromatic heterocycles. The number of carbonyl (C=O) groups excluding carboxylic acids is 1. The van der Waals surface area contributed by atoms with Gasteiger partial charge in [0.2, 0.25) is 0 Å². The Labute approximate surface area is 92.7 Å². The Kier molecular flexibility index (Phi) is 6.14. The van der Waals surface area contributed by atoms with Crippen molar-refractivity contribution in [1.82, 2.24) is 0 Å². The number of unbranched alkanes of at least 4 members (excludes halogenated alkanes) is 6. The first-order valence-electron chi connectivity index (χ1n) is 6.20. The maximum absolute atomic E-state index is 11.1. The van der Waals surface area contributed by atoms with Gasteiger partial charge in [0.15, 0.2) is 0 Å². The van der Waals surface area contributed by atoms with E-state index in [1.807, 2.05) is 0 Å². The third kappa shape index (κ3) is 5.01. The first-order valence-corrected chi connectivity index (χ1v) is 6.20. The van der Waals surface area contributed by atoms with E-state index in [0.29, 0.717) is 6.61 Å². The fraction of sp³-hybridized carbons (Fsp3) is 0.769. The average Bonchev–Trinajstić information content (AvgIpc) is 2.63. The van der Waals surface area contributed by atoms with Gasteiger partial charge < -0.3 is 4.74 Å². The summed E-state index contributed by atoms with van der Waals surface area (Å²) in [7, 11) is 0. The van der Waals surface area contributed by atoms with E-state index in [1.165, 1.54) is 38.5 Å². The normalized spacial score (nSPS) is 18.5. The van der Waals surface area contributed by atoms with E-state index in [0.717, 1.165) is 18.4 Å². The molecule has 0 unspecified atom stereocenters. The monoisotopic (exact) mass is 210 g/mol. The molecule has 2 heteroatoms. The van der Waals surface area contributed by atoms with Crippen molar-refractivity contribution in [3.05, 3.63) is 11.6 Å². The molecule has 1 aliphatic heterocycles. The Balaban J connectivity index is 1.98. The maximum atomic E-state index is 11.1. The van der Waals surface area contributed by atoms with Crippen LogP contribution >= 0.6 is 0 Å². The fourth-order valence-corrected chi connectivity index (χ4v) is 1.83. The second-order valence-electron chi connectivity index (χ2n) is 4.17. The second kappa shape index (κ2) is 7.49. The predicted octanol–water partition coefficient (Wildman–Crippen LogP) is 3.61. The Morgan fingerprint density at radius 2 is 1.93 bits per heavy atom. The highest BCUT2D eigenvalue weighted by Crippen LogP contribution is 2.15. The number of carbonyl (C=O) groups is 1. The van der Waals surface area contributed by atoms with Gasteiger partial charge in [0.05, 0.1) is 6.61 Å². The highest BCUT2D eigenvalue weighted by Gasteiger charge is 2.17. The molecule has 0 aliphatic carbocycles. The molecule has 1 saturated heterocycles. The first kappa shape index (κ1) is 12.3. The summed E-state index contributed by atoms with van der Waals surface area (Å²) >= 11 is 0. The van der Waals surface area contributed by atoms with E-state index in [4.69, 9.17) is 4.74 Å². The summed E-state index contributed by atoms with van der Waals surface area (Å²) in [5, 5.41) is 0. The molecule has 0 aromatic rings. The molecule has 1 fully saturated rings. The molecule has 1 rings (SSSR count). The molecule has 0 radical (unpaired) electrons. The highest BCUT2D eigenvalue weighted by atomic mass is 16.5. The van der Waals surface area contributed by atoms with Crippen molar-refractivity contribution in [2.75, 3.05) is 6.61 Å². The van der Waals surface area contributed by atoms with Crippen LogP contribution in [0, 0.1) is 0 Å². The van der Waals surface area contributed by atoms with E-state index in [1.54, 1.807) is 0 Å². The Hall–Kier alpha value is -0.790. The van der Waals surface area contributed by atoms with Crippen molar-refractivity contribution in [3.63, 3.8) is 0 Å². The van der Waals surface area contributed by atoms with Gasteiger partial charge in [-0.15, -0.1) is 0 Å². The standard InChI is InChI=1S/C13H22O2/c1-2-3-4-5-6-7-8-9-12-10-11-15-13(12)14/h9H,2-8,10-11H2,1H3/b12-9+. The Morgan fingerprint density at radius 1 is 1.20 bits per heavy atom. The van der Waals surface area contributed by atoms with Crippen LogP contribution in [0.4, 0.5) is 0 Å². The summed E-state index contributed by atoms with van der Waals surface area (Å²) in [5.74, 6) is -0.0963. The third-order valence-electron chi connectivity index (χ3n) is 2.82. The molecular formula is C13H22O2. The number of hydrogen-bond donors (Lipinski definition) is 0. The van der Waals surface area contributed by atoms with Gasteiger partial charge in [0.1, 0.15) is 0 Å². The van der Waals surface area contributed by atoms with Gasteiger partial charge in [-0.3, -0.25) is 0 Å². The van der Waals surface area contributed by atoms with Crippen LogP contribution in [0.3, 0.4) is 0 Å². The largest absolute Gasteiger partial charge is 0.462 e. The summed E-state index contributed by atoms with van der Waals surface area (Å²) in [5.41, 5.74) is 0.892. The van der Waals surface area contributed by atoms with E-state index in [2.05, 4.69) is 13.0 Å². The summed E-state index contributed by atoms with van der Waals surface area (Å²) < 4.78 is 4.87. The topological polar surface area (TPSA) is 26.3 Å². The van der Waals surface area contributed by atoms with Crippen LogP contribution in [0.5, 0.6) is 0 Å². The average molecular weight is 210 g/mol. The molecule has 0 saturated carbocycles. The van der Waals surface area contributed by atoms with Crippen LogP contribution in [0.2, 0.25) is 0 Å². The molecule has 0 aromatic carbocycles. The summed E-state index contributed by atoms with van der Waals surface area (Å²) in [6.45, 7) is 2.82. The molecule has 0 N–H and O–H groups in total. The Bertz CT molecular complexity index is 219. The van der Waals surface area contributed by atoms with E-state index in [9.17, 15) is 4.79 Å². The lowest BCUT2D eigenvalue weighted by Gasteiger charge is -1.98. The lowest BCUT2D eigenvalue weighted by Crippen LogP contribution is -1.94. The number of cyclic esters (lactones) is 1. The number of hydrogen-bond acceptors (Lipinski definition) is 2. The fourth-order valence-electron chi connectivity index (χ4n) is 1.83. The predicted molar refractivity (Wildman–Crippen MR) is 61.7 cm³/mol. The molecule has 15 heavy (non-hydrogen) atoms. The van der Waals surface area contributed by atoms with Gasteiger partial charge in [0, 0.05) is 12.0 Å². The molecule has 0 bridgehead atoms. The van der Waals surface area contributed by atoms with E-state index in [-0.39, 0.29) is 5.97 Å². The minimum atomic E-state index is -0.0963. The van der Waals surface area contributed by atoms with Crippen molar-refractivity contribution in [2.24, 2.45) is 0 Å². The zero-order valence-electron chi connectivity index (χ0n) is 9.76. The lowest BCUT2D eigenvalue weighted by atomic mass is 10.1. The maximum Gasteiger partial charge on any atom is 0.333 e. The van der Waals surface area contributed by atoms with Crippen LogP contribution in [-0.4, -0.2) is 12.6 Å². The van der Waals surface area contributed by atoms with Gasteiger partial charge in [-0.05, 0) is 12.8 Å². The zero-order valence-corrected chi connectivity index (χ0v) is 9.76. The van der Waals surface area contributed by atoms with Crippen molar-refractivity contribution in [2.45, 2.75) is 58.3 Å². The SMILES string of the molecule is CCCCCCCC/C=C1\CCOC1=O. The van der Waals surface area contributed by atoms with Crippen LogP contribution < -0.4 is 0 Å². The molecule has 0 amide bonds. The molecule has 2 nitrogen and oxygen atoms in total. The second-order valence-corrected chi connectivity index (χ2v) is 4.17.